The average Bonchev–Trinajstić information content (AvgIpc) is 3.56. The van der Waals surface area contributed by atoms with Crippen LogP contribution < -0.4 is 5.32 Å². The molecule has 204 valence electrons. The largest absolute Gasteiger partial charge is 0.467 e. The highest BCUT2D eigenvalue weighted by Gasteiger charge is 2.36. The average molecular weight is 527 g/mol. The molecule has 2 aromatic rings. The molecule has 3 amide bonds. The third-order valence-electron chi connectivity index (χ3n) is 6.33. The van der Waals surface area contributed by atoms with Gasteiger partial charge < -0.3 is 19.4 Å². The number of rotatable bonds is 8. The van der Waals surface area contributed by atoms with Gasteiger partial charge in [-0.1, -0.05) is 0 Å². The summed E-state index contributed by atoms with van der Waals surface area (Å²) in [4.78, 5) is 41.1. The van der Waals surface area contributed by atoms with Crippen LogP contribution in [-0.2, 0) is 9.53 Å². The van der Waals surface area contributed by atoms with Gasteiger partial charge in [0.05, 0.1) is 30.1 Å². The summed E-state index contributed by atoms with van der Waals surface area (Å²) in [6.07, 6.45) is 1.91. The lowest BCUT2D eigenvalue weighted by Crippen LogP contribution is -2.53. The van der Waals surface area contributed by atoms with E-state index in [-0.39, 0.29) is 24.2 Å². The van der Waals surface area contributed by atoms with Gasteiger partial charge in [0, 0.05) is 50.3 Å². The van der Waals surface area contributed by atoms with Gasteiger partial charge in [-0.3, -0.25) is 19.8 Å². The summed E-state index contributed by atoms with van der Waals surface area (Å²) in [7, 11) is 0. The number of ether oxygens (including phenoxy) is 1. The number of amides is 3. The predicted molar refractivity (Wildman–Crippen MR) is 140 cm³/mol. The smallest absolute Gasteiger partial charge is 0.318 e. The Balaban J connectivity index is 1.54. The van der Waals surface area contributed by atoms with Crippen molar-refractivity contribution in [2.45, 2.75) is 38.8 Å². The Hall–Kier alpha value is -3.77. The molecule has 0 aliphatic carbocycles. The Kier molecular flexibility index (Phi) is 8.42. The zero-order valence-corrected chi connectivity index (χ0v) is 22.0. The van der Waals surface area contributed by atoms with E-state index in [1.165, 1.54) is 28.3 Å². The molecule has 3 heterocycles. The second kappa shape index (κ2) is 11.7. The van der Waals surface area contributed by atoms with Gasteiger partial charge in [-0.15, -0.1) is 0 Å². The first-order chi connectivity index (χ1) is 18.1. The third kappa shape index (κ3) is 6.95. The molecule has 38 heavy (non-hydrogen) atoms. The molecule has 1 fully saturated rings. The minimum Gasteiger partial charge on any atom is -0.467 e. The fourth-order valence-electron chi connectivity index (χ4n) is 4.37. The van der Waals surface area contributed by atoms with Gasteiger partial charge in [-0.05, 0) is 50.6 Å². The van der Waals surface area contributed by atoms with Crippen molar-refractivity contribution in [3.8, 4) is 0 Å². The van der Waals surface area contributed by atoms with Gasteiger partial charge in [0.2, 0.25) is 0 Å². The quantitative estimate of drug-likeness (QED) is 0.413. The molecule has 1 N–H and O–H groups in total. The summed E-state index contributed by atoms with van der Waals surface area (Å²) in [6.45, 7) is 9.33. The number of nitro benzene ring substituents is 1. The van der Waals surface area contributed by atoms with Crippen LogP contribution >= 0.6 is 0 Å². The van der Waals surface area contributed by atoms with Gasteiger partial charge in [-0.25, -0.2) is 9.80 Å². The number of nitro groups is 1. The Morgan fingerprint density at radius 3 is 2.50 bits per heavy atom. The Bertz CT molecular complexity index is 1150. The highest BCUT2D eigenvalue weighted by Crippen LogP contribution is 2.33. The Morgan fingerprint density at radius 2 is 1.89 bits per heavy atom. The molecular formula is C26H34N6O6. The molecule has 0 bridgehead atoms. The SMILES string of the molecule is CC(C)(C)NC(=O)N(CCN1CCOCC1)CC(=O)N1N=C(c2ccc([N+](=O)[O-])cc2)CC1c1ccco1. The molecule has 12 nitrogen and oxygen atoms in total. The predicted octanol–water partition coefficient (Wildman–Crippen LogP) is 3.01. The van der Waals surface area contributed by atoms with Crippen molar-refractivity contribution in [1.82, 2.24) is 20.1 Å². The summed E-state index contributed by atoms with van der Waals surface area (Å²) < 4.78 is 11.0. The molecule has 1 aromatic carbocycles. The van der Waals surface area contributed by atoms with Crippen molar-refractivity contribution in [2.24, 2.45) is 5.10 Å². The number of hydrogen-bond donors (Lipinski definition) is 1. The van der Waals surface area contributed by atoms with Crippen LogP contribution in [0.4, 0.5) is 10.5 Å². The van der Waals surface area contributed by atoms with Crippen molar-refractivity contribution in [1.29, 1.82) is 0 Å². The van der Waals surface area contributed by atoms with E-state index in [4.69, 9.17) is 9.15 Å². The number of non-ortho nitro benzene ring substituents is 1. The van der Waals surface area contributed by atoms with E-state index >= 15 is 0 Å². The molecule has 1 aromatic heterocycles. The molecule has 2 aliphatic rings. The first-order valence-electron chi connectivity index (χ1n) is 12.7. The lowest BCUT2D eigenvalue weighted by Gasteiger charge is -2.32. The molecule has 2 aliphatic heterocycles. The lowest BCUT2D eigenvalue weighted by atomic mass is 10.0. The van der Waals surface area contributed by atoms with Gasteiger partial charge in [0.1, 0.15) is 18.3 Å². The van der Waals surface area contributed by atoms with E-state index in [0.717, 1.165) is 13.1 Å². The number of furan rings is 1. The van der Waals surface area contributed by atoms with Crippen molar-refractivity contribution < 1.29 is 23.7 Å². The number of nitrogens with one attached hydrogen (secondary N) is 1. The first kappa shape index (κ1) is 27.3. The second-order valence-electron chi connectivity index (χ2n) is 10.4. The normalized spacial score (nSPS) is 18.2. The van der Waals surface area contributed by atoms with Gasteiger partial charge in [0.25, 0.3) is 11.6 Å². The summed E-state index contributed by atoms with van der Waals surface area (Å²) in [5.74, 6) is 0.215. The molecule has 0 saturated carbocycles. The minimum atomic E-state index is -0.491. The van der Waals surface area contributed by atoms with Crippen LogP contribution in [0.3, 0.4) is 0 Å². The number of nitrogens with zero attached hydrogens (tertiary/aromatic N) is 5. The fourth-order valence-corrected chi connectivity index (χ4v) is 4.37. The summed E-state index contributed by atoms with van der Waals surface area (Å²) >= 11 is 0. The van der Waals surface area contributed by atoms with E-state index < -0.39 is 16.5 Å². The molecule has 4 rings (SSSR count). The van der Waals surface area contributed by atoms with Crippen molar-refractivity contribution in [2.75, 3.05) is 45.9 Å². The van der Waals surface area contributed by atoms with E-state index in [1.807, 2.05) is 20.8 Å². The number of benzene rings is 1. The number of hydrazone groups is 1. The third-order valence-corrected chi connectivity index (χ3v) is 6.33. The van der Waals surface area contributed by atoms with Crippen LogP contribution in [0.2, 0.25) is 0 Å². The summed E-state index contributed by atoms with van der Waals surface area (Å²) in [5, 5.41) is 20.0. The standard InChI is InChI=1S/C26H34N6O6/c1-26(2,3)27-25(34)30(11-10-29-12-15-37-16-13-29)18-24(33)31-22(23-5-4-14-38-23)17-21(28-31)19-6-8-20(9-7-19)32(35)36/h4-9,14,22H,10-13,15-18H2,1-3H3,(H,27,34). The van der Waals surface area contributed by atoms with E-state index in [2.05, 4.69) is 15.3 Å². The molecule has 1 unspecified atom stereocenters. The van der Waals surface area contributed by atoms with Crippen LogP contribution in [0.25, 0.3) is 0 Å². The maximum Gasteiger partial charge on any atom is 0.318 e. The molecule has 0 spiro atoms. The second-order valence-corrected chi connectivity index (χ2v) is 10.4. The van der Waals surface area contributed by atoms with Crippen LogP contribution in [0.1, 0.15) is 44.6 Å². The Labute approximate surface area is 221 Å². The van der Waals surface area contributed by atoms with Crippen LogP contribution in [0, 0.1) is 10.1 Å². The number of hydrogen-bond acceptors (Lipinski definition) is 8. The zero-order chi connectivity index (χ0) is 27.3. The topological polar surface area (TPSA) is 134 Å². The molecule has 0 radical (unpaired) electrons. The van der Waals surface area contributed by atoms with Crippen LogP contribution in [0.5, 0.6) is 0 Å². The number of carbonyl (C=O) groups is 2. The van der Waals surface area contributed by atoms with Crippen molar-refractivity contribution in [3.63, 3.8) is 0 Å². The maximum absolute atomic E-state index is 13.6. The first-order valence-corrected chi connectivity index (χ1v) is 12.7. The Morgan fingerprint density at radius 1 is 1.18 bits per heavy atom. The van der Waals surface area contributed by atoms with Crippen molar-refractivity contribution in [3.05, 3.63) is 64.1 Å². The minimum absolute atomic E-state index is 0.0244. The highest BCUT2D eigenvalue weighted by molar-refractivity contribution is 6.03. The van der Waals surface area contributed by atoms with E-state index in [9.17, 15) is 19.7 Å². The molecular weight excluding hydrogens is 492 g/mol. The van der Waals surface area contributed by atoms with E-state index in [1.54, 1.807) is 24.3 Å². The van der Waals surface area contributed by atoms with Crippen LogP contribution in [0.15, 0.2) is 52.2 Å². The number of carbonyl (C=O) groups excluding carboxylic acids is 2. The molecule has 1 atom stereocenters. The monoisotopic (exact) mass is 526 g/mol. The maximum atomic E-state index is 13.6. The summed E-state index contributed by atoms with van der Waals surface area (Å²) in [6, 6.07) is 8.77. The molecule has 12 heteroatoms. The number of morpholine rings is 1. The van der Waals surface area contributed by atoms with Gasteiger partial charge in [0.15, 0.2) is 0 Å². The fraction of sp³-hybridized carbons (Fsp3) is 0.500. The van der Waals surface area contributed by atoms with Crippen LogP contribution in [-0.4, -0.2) is 88.9 Å². The van der Waals surface area contributed by atoms with Crippen molar-refractivity contribution >= 4 is 23.3 Å². The highest BCUT2D eigenvalue weighted by atomic mass is 16.6. The number of urea groups is 1. The summed E-state index contributed by atoms with van der Waals surface area (Å²) in [5.41, 5.74) is 0.789. The van der Waals surface area contributed by atoms with Gasteiger partial charge >= 0.3 is 6.03 Å². The van der Waals surface area contributed by atoms with E-state index in [0.29, 0.717) is 49.8 Å². The molecule has 1 saturated heterocycles. The van der Waals surface area contributed by atoms with Gasteiger partial charge in [-0.2, -0.15) is 5.10 Å². The zero-order valence-electron chi connectivity index (χ0n) is 22.0. The lowest BCUT2D eigenvalue weighted by molar-refractivity contribution is -0.384.